The van der Waals surface area contributed by atoms with E-state index in [1.54, 1.807) is 0 Å². The number of carbonyl (C=O) groups is 1. The van der Waals surface area contributed by atoms with Crippen LogP contribution in [0.4, 0.5) is 0 Å². The molecule has 0 aromatic heterocycles. The molecule has 0 heterocycles. The molecule has 3 rings (SSSR count). The molecule has 0 amide bonds. The first-order valence-corrected chi connectivity index (χ1v) is 11.4. The van der Waals surface area contributed by atoms with Gasteiger partial charge in [-0.2, -0.15) is 0 Å². The van der Waals surface area contributed by atoms with Crippen molar-refractivity contribution in [2.24, 2.45) is 29.6 Å². The van der Waals surface area contributed by atoms with Crippen molar-refractivity contribution < 1.29 is 9.53 Å². The standard InChI is InChI=1S/C23H40O2/c1-3-4-18-7-15-22(16-8-18)25-23(24)21-13-11-20(12-14-21)19-9-5-17(2)6-10-19/h17-22H,3-16H2,1-2H3. The molecule has 3 saturated carbocycles. The highest BCUT2D eigenvalue weighted by molar-refractivity contribution is 5.72. The van der Waals surface area contributed by atoms with Gasteiger partial charge in [0.05, 0.1) is 5.92 Å². The van der Waals surface area contributed by atoms with Gasteiger partial charge in [-0.05, 0) is 87.9 Å². The van der Waals surface area contributed by atoms with Crippen LogP contribution in [0, 0.1) is 29.6 Å². The molecule has 0 N–H and O–H groups in total. The van der Waals surface area contributed by atoms with Gasteiger partial charge in [0.15, 0.2) is 0 Å². The van der Waals surface area contributed by atoms with Crippen molar-refractivity contribution in [2.75, 3.05) is 0 Å². The SMILES string of the molecule is CCCC1CCC(OC(=O)C2CCC(C3CCC(C)CC3)CC2)CC1. The van der Waals surface area contributed by atoms with Gasteiger partial charge in [-0.25, -0.2) is 0 Å². The van der Waals surface area contributed by atoms with Gasteiger partial charge in [0, 0.05) is 0 Å². The molecule has 0 bridgehead atoms. The third-order valence-electron chi connectivity index (χ3n) is 7.61. The van der Waals surface area contributed by atoms with Crippen LogP contribution in [0.3, 0.4) is 0 Å². The van der Waals surface area contributed by atoms with Gasteiger partial charge in [-0.15, -0.1) is 0 Å². The van der Waals surface area contributed by atoms with Crippen molar-refractivity contribution >= 4 is 5.97 Å². The maximum atomic E-state index is 12.6. The zero-order valence-corrected chi connectivity index (χ0v) is 16.7. The molecule has 0 aromatic rings. The lowest BCUT2D eigenvalue weighted by Gasteiger charge is -2.37. The molecule has 2 heteroatoms. The Bertz CT molecular complexity index is 394. The average molecular weight is 349 g/mol. The number of ether oxygens (including phenoxy) is 1. The summed E-state index contributed by atoms with van der Waals surface area (Å²) < 4.78 is 5.91. The largest absolute Gasteiger partial charge is 0.462 e. The van der Waals surface area contributed by atoms with E-state index >= 15 is 0 Å². The number of carbonyl (C=O) groups excluding carboxylic acids is 1. The minimum absolute atomic E-state index is 0.134. The van der Waals surface area contributed by atoms with E-state index in [-0.39, 0.29) is 18.0 Å². The van der Waals surface area contributed by atoms with Crippen LogP contribution in [0.1, 0.15) is 104 Å². The molecule has 0 atom stereocenters. The van der Waals surface area contributed by atoms with E-state index in [0.29, 0.717) is 0 Å². The van der Waals surface area contributed by atoms with Gasteiger partial charge in [-0.1, -0.05) is 39.5 Å². The van der Waals surface area contributed by atoms with E-state index < -0.39 is 0 Å². The predicted octanol–water partition coefficient (Wildman–Crippen LogP) is 6.52. The Morgan fingerprint density at radius 2 is 1.36 bits per heavy atom. The van der Waals surface area contributed by atoms with Crippen molar-refractivity contribution in [1.29, 1.82) is 0 Å². The summed E-state index contributed by atoms with van der Waals surface area (Å²) in [5.74, 6) is 3.99. The van der Waals surface area contributed by atoms with Crippen LogP contribution < -0.4 is 0 Å². The van der Waals surface area contributed by atoms with E-state index in [2.05, 4.69) is 13.8 Å². The van der Waals surface area contributed by atoms with E-state index in [1.165, 1.54) is 64.2 Å². The van der Waals surface area contributed by atoms with Gasteiger partial charge in [0.2, 0.25) is 0 Å². The minimum Gasteiger partial charge on any atom is -0.462 e. The number of rotatable bonds is 5. The summed E-state index contributed by atoms with van der Waals surface area (Å²) in [5.41, 5.74) is 0. The molecule has 0 radical (unpaired) electrons. The Morgan fingerprint density at radius 1 is 0.800 bits per heavy atom. The smallest absolute Gasteiger partial charge is 0.309 e. The van der Waals surface area contributed by atoms with Crippen LogP contribution in [0.15, 0.2) is 0 Å². The first kappa shape index (κ1) is 19.2. The van der Waals surface area contributed by atoms with Crippen LogP contribution in [0.5, 0.6) is 0 Å². The van der Waals surface area contributed by atoms with E-state index in [0.717, 1.165) is 49.4 Å². The molecule has 25 heavy (non-hydrogen) atoms. The number of hydrogen-bond donors (Lipinski definition) is 0. The molecular weight excluding hydrogens is 308 g/mol. The summed E-state index contributed by atoms with van der Waals surface area (Å²) in [4.78, 5) is 12.6. The molecule has 0 aliphatic heterocycles. The highest BCUT2D eigenvalue weighted by Crippen LogP contribution is 2.41. The van der Waals surface area contributed by atoms with E-state index in [1.807, 2.05) is 0 Å². The van der Waals surface area contributed by atoms with Crippen LogP contribution in [-0.2, 0) is 9.53 Å². The first-order chi connectivity index (χ1) is 12.2. The van der Waals surface area contributed by atoms with Gasteiger partial charge < -0.3 is 4.74 Å². The molecule has 0 aromatic carbocycles. The summed E-state index contributed by atoms with van der Waals surface area (Å²) in [6.07, 6.45) is 18.0. The Hall–Kier alpha value is -0.530. The Balaban J connectivity index is 1.36. The monoisotopic (exact) mass is 348 g/mol. The normalized spacial score (nSPS) is 39.8. The average Bonchev–Trinajstić information content (AvgIpc) is 2.64. The number of esters is 1. The molecular formula is C23H40O2. The Morgan fingerprint density at radius 3 is 1.92 bits per heavy atom. The van der Waals surface area contributed by atoms with Crippen molar-refractivity contribution in [3.8, 4) is 0 Å². The second-order valence-electron chi connectivity index (χ2n) is 9.50. The zero-order chi connectivity index (χ0) is 17.6. The van der Waals surface area contributed by atoms with Gasteiger partial charge in [0.25, 0.3) is 0 Å². The minimum atomic E-state index is 0.134. The number of hydrogen-bond acceptors (Lipinski definition) is 2. The maximum absolute atomic E-state index is 12.6. The highest BCUT2D eigenvalue weighted by Gasteiger charge is 2.34. The van der Waals surface area contributed by atoms with Gasteiger partial charge >= 0.3 is 5.97 Å². The van der Waals surface area contributed by atoms with Crippen LogP contribution in [0.25, 0.3) is 0 Å². The molecule has 3 aliphatic carbocycles. The highest BCUT2D eigenvalue weighted by atomic mass is 16.5. The molecule has 0 spiro atoms. The lowest BCUT2D eigenvalue weighted by molar-refractivity contribution is -0.157. The summed E-state index contributed by atoms with van der Waals surface area (Å²) >= 11 is 0. The molecule has 3 fully saturated rings. The van der Waals surface area contributed by atoms with Crippen LogP contribution in [-0.4, -0.2) is 12.1 Å². The predicted molar refractivity (Wildman–Crippen MR) is 103 cm³/mol. The van der Waals surface area contributed by atoms with Gasteiger partial charge in [0.1, 0.15) is 6.10 Å². The maximum Gasteiger partial charge on any atom is 0.309 e. The van der Waals surface area contributed by atoms with Crippen LogP contribution in [0.2, 0.25) is 0 Å². The summed E-state index contributed by atoms with van der Waals surface area (Å²) in [7, 11) is 0. The second-order valence-corrected chi connectivity index (χ2v) is 9.50. The van der Waals surface area contributed by atoms with Crippen molar-refractivity contribution in [2.45, 2.75) is 110 Å². The topological polar surface area (TPSA) is 26.3 Å². The molecule has 3 aliphatic rings. The fourth-order valence-electron chi connectivity index (χ4n) is 5.79. The zero-order valence-electron chi connectivity index (χ0n) is 16.7. The van der Waals surface area contributed by atoms with Crippen LogP contribution >= 0.6 is 0 Å². The lowest BCUT2D eigenvalue weighted by Crippen LogP contribution is -2.32. The molecule has 0 saturated heterocycles. The second kappa shape index (κ2) is 9.42. The van der Waals surface area contributed by atoms with Crippen molar-refractivity contribution in [3.05, 3.63) is 0 Å². The molecule has 2 nitrogen and oxygen atoms in total. The Labute approximate surface area is 155 Å². The van der Waals surface area contributed by atoms with Gasteiger partial charge in [-0.3, -0.25) is 4.79 Å². The summed E-state index contributed by atoms with van der Waals surface area (Å²) in [6, 6.07) is 0. The fourth-order valence-corrected chi connectivity index (χ4v) is 5.79. The summed E-state index contributed by atoms with van der Waals surface area (Å²) in [5, 5.41) is 0. The molecule has 144 valence electrons. The molecule has 0 unspecified atom stereocenters. The summed E-state index contributed by atoms with van der Waals surface area (Å²) in [6.45, 7) is 4.68. The van der Waals surface area contributed by atoms with Crippen molar-refractivity contribution in [3.63, 3.8) is 0 Å². The quantitative estimate of drug-likeness (QED) is 0.529. The lowest BCUT2D eigenvalue weighted by atomic mass is 9.69. The fraction of sp³-hybridized carbons (Fsp3) is 0.957. The third kappa shape index (κ3) is 5.47. The third-order valence-corrected chi connectivity index (χ3v) is 7.61. The van der Waals surface area contributed by atoms with E-state index in [4.69, 9.17) is 4.74 Å². The Kier molecular flexibility index (Phi) is 7.25. The first-order valence-electron chi connectivity index (χ1n) is 11.4. The van der Waals surface area contributed by atoms with Crippen molar-refractivity contribution in [1.82, 2.24) is 0 Å². The van der Waals surface area contributed by atoms with E-state index in [9.17, 15) is 4.79 Å².